The molecule has 110 valence electrons. The molecule has 1 aromatic rings. The van der Waals surface area contributed by atoms with E-state index in [4.69, 9.17) is 4.74 Å². The van der Waals surface area contributed by atoms with Crippen LogP contribution < -0.4 is 10.1 Å². The Balaban J connectivity index is 1.91. The van der Waals surface area contributed by atoms with Crippen LogP contribution in [0.15, 0.2) is 18.2 Å². The number of nitrogens with one attached hydrogen (secondary N) is 1. The molecule has 0 bridgehead atoms. The number of aliphatic hydroxyl groups excluding tert-OH is 1. The lowest BCUT2D eigenvalue weighted by molar-refractivity contribution is 0.0907. The average Bonchev–Trinajstić information content (AvgIpc) is 2.47. The number of carbonyl (C=O) groups is 1. The summed E-state index contributed by atoms with van der Waals surface area (Å²) in [5, 5.41) is 22.0. The molecule has 0 saturated heterocycles. The van der Waals surface area contributed by atoms with E-state index in [1.54, 1.807) is 6.07 Å². The highest BCUT2D eigenvalue weighted by atomic mass is 16.5. The van der Waals surface area contributed by atoms with Crippen molar-refractivity contribution < 1.29 is 19.7 Å². The van der Waals surface area contributed by atoms with Gasteiger partial charge in [-0.2, -0.15) is 0 Å². The first-order valence-corrected chi connectivity index (χ1v) is 6.93. The molecule has 20 heavy (non-hydrogen) atoms. The Kier molecular flexibility index (Phi) is 4.84. The Hall–Kier alpha value is -1.75. The van der Waals surface area contributed by atoms with Crippen molar-refractivity contribution in [1.29, 1.82) is 0 Å². The zero-order chi connectivity index (χ0) is 14.5. The Labute approximate surface area is 118 Å². The predicted molar refractivity (Wildman–Crippen MR) is 75.0 cm³/mol. The number of carbonyl (C=O) groups excluding carboxylic acids is 1. The van der Waals surface area contributed by atoms with Crippen molar-refractivity contribution in [3.63, 3.8) is 0 Å². The lowest BCUT2D eigenvalue weighted by atomic mass is 9.87. The number of aliphatic hydroxyl groups is 1. The summed E-state index contributed by atoms with van der Waals surface area (Å²) < 4.78 is 5.05. The quantitative estimate of drug-likeness (QED) is 0.783. The number of phenolic OH excluding ortho intramolecular Hbond substituents is 1. The number of rotatable bonds is 4. The second-order valence-corrected chi connectivity index (χ2v) is 5.27. The normalized spacial score (nSPS) is 22.3. The molecular formula is C15H21NO4. The van der Waals surface area contributed by atoms with Crippen LogP contribution in [0.25, 0.3) is 0 Å². The minimum Gasteiger partial charge on any atom is -0.507 e. The zero-order valence-electron chi connectivity index (χ0n) is 11.6. The maximum absolute atomic E-state index is 12.1. The van der Waals surface area contributed by atoms with Gasteiger partial charge in [-0.15, -0.1) is 0 Å². The van der Waals surface area contributed by atoms with Crippen LogP contribution in [0.2, 0.25) is 0 Å². The van der Waals surface area contributed by atoms with Gasteiger partial charge in [-0.3, -0.25) is 4.79 Å². The molecule has 1 saturated carbocycles. The molecule has 5 nitrogen and oxygen atoms in total. The lowest BCUT2D eigenvalue weighted by Crippen LogP contribution is -2.32. The van der Waals surface area contributed by atoms with Gasteiger partial charge in [0.25, 0.3) is 5.91 Å². The fourth-order valence-corrected chi connectivity index (χ4v) is 2.51. The number of hydrogen-bond acceptors (Lipinski definition) is 4. The highest BCUT2D eigenvalue weighted by molar-refractivity contribution is 5.97. The minimum atomic E-state index is -0.299. The largest absolute Gasteiger partial charge is 0.507 e. The molecule has 0 unspecified atom stereocenters. The molecule has 2 rings (SSSR count). The summed E-state index contributed by atoms with van der Waals surface area (Å²) >= 11 is 0. The molecular weight excluding hydrogens is 258 g/mol. The van der Waals surface area contributed by atoms with Gasteiger partial charge in [0.1, 0.15) is 11.5 Å². The van der Waals surface area contributed by atoms with Crippen LogP contribution in [0.3, 0.4) is 0 Å². The summed E-state index contributed by atoms with van der Waals surface area (Å²) in [6, 6.07) is 4.58. The third-order valence-corrected chi connectivity index (χ3v) is 3.82. The highest BCUT2D eigenvalue weighted by Gasteiger charge is 2.20. The van der Waals surface area contributed by atoms with Crippen molar-refractivity contribution in [2.45, 2.75) is 31.8 Å². The van der Waals surface area contributed by atoms with Crippen molar-refractivity contribution >= 4 is 5.91 Å². The standard InChI is InChI=1S/C15H21NO4/c1-20-12-6-7-14(18)13(8-12)15(19)16-9-10-2-4-11(17)5-3-10/h6-8,10-11,17-18H,2-5,9H2,1H3,(H,16,19). The Morgan fingerprint density at radius 2 is 2.05 bits per heavy atom. The number of benzene rings is 1. The molecule has 0 radical (unpaired) electrons. The molecule has 0 heterocycles. The van der Waals surface area contributed by atoms with E-state index in [0.717, 1.165) is 25.7 Å². The lowest BCUT2D eigenvalue weighted by Gasteiger charge is -2.25. The first kappa shape index (κ1) is 14.7. The van der Waals surface area contributed by atoms with Gasteiger partial charge in [-0.1, -0.05) is 0 Å². The van der Waals surface area contributed by atoms with Gasteiger partial charge >= 0.3 is 0 Å². The molecule has 5 heteroatoms. The van der Waals surface area contributed by atoms with Crippen LogP contribution in [-0.2, 0) is 0 Å². The highest BCUT2D eigenvalue weighted by Crippen LogP contribution is 2.25. The topological polar surface area (TPSA) is 78.8 Å². The van der Waals surface area contributed by atoms with Gasteiger partial charge in [0, 0.05) is 6.54 Å². The van der Waals surface area contributed by atoms with Gasteiger partial charge in [-0.05, 0) is 49.8 Å². The monoisotopic (exact) mass is 279 g/mol. The van der Waals surface area contributed by atoms with Crippen LogP contribution in [-0.4, -0.2) is 35.9 Å². The average molecular weight is 279 g/mol. The molecule has 1 aromatic carbocycles. The van der Waals surface area contributed by atoms with Gasteiger partial charge in [0.2, 0.25) is 0 Å². The van der Waals surface area contributed by atoms with Crippen LogP contribution in [0.5, 0.6) is 11.5 Å². The van der Waals surface area contributed by atoms with E-state index in [-0.39, 0.29) is 23.3 Å². The maximum Gasteiger partial charge on any atom is 0.255 e. The smallest absolute Gasteiger partial charge is 0.255 e. The van der Waals surface area contributed by atoms with E-state index in [9.17, 15) is 15.0 Å². The fourth-order valence-electron chi connectivity index (χ4n) is 2.51. The van der Waals surface area contributed by atoms with Crippen molar-refractivity contribution in [3.05, 3.63) is 23.8 Å². The molecule has 0 spiro atoms. The maximum atomic E-state index is 12.1. The molecule has 1 aliphatic carbocycles. The van der Waals surface area contributed by atoms with E-state index in [2.05, 4.69) is 5.32 Å². The second-order valence-electron chi connectivity index (χ2n) is 5.27. The summed E-state index contributed by atoms with van der Waals surface area (Å²) in [4.78, 5) is 12.1. The third kappa shape index (κ3) is 3.63. The first-order valence-electron chi connectivity index (χ1n) is 6.93. The predicted octanol–water partition coefficient (Wildman–Crippen LogP) is 1.68. The van der Waals surface area contributed by atoms with Gasteiger partial charge < -0.3 is 20.3 Å². The van der Waals surface area contributed by atoms with E-state index >= 15 is 0 Å². The Morgan fingerprint density at radius 1 is 1.35 bits per heavy atom. The SMILES string of the molecule is COc1ccc(O)c(C(=O)NCC2CCC(O)CC2)c1. The number of amides is 1. The molecule has 1 amide bonds. The van der Waals surface area contributed by atoms with E-state index < -0.39 is 0 Å². The van der Waals surface area contributed by atoms with Crippen LogP contribution in [0, 0.1) is 5.92 Å². The van der Waals surface area contributed by atoms with Gasteiger partial charge in [0.05, 0.1) is 18.8 Å². The number of phenols is 1. The van der Waals surface area contributed by atoms with Crippen LogP contribution in [0.1, 0.15) is 36.0 Å². The second kappa shape index (κ2) is 6.61. The minimum absolute atomic E-state index is 0.0534. The van der Waals surface area contributed by atoms with Gasteiger partial charge in [-0.25, -0.2) is 0 Å². The summed E-state index contributed by atoms with van der Waals surface area (Å²) in [6.45, 7) is 0.572. The summed E-state index contributed by atoms with van der Waals surface area (Å²) in [7, 11) is 1.52. The Morgan fingerprint density at radius 3 is 2.70 bits per heavy atom. The third-order valence-electron chi connectivity index (χ3n) is 3.82. The molecule has 3 N–H and O–H groups in total. The number of aromatic hydroxyl groups is 1. The van der Waals surface area contributed by atoms with E-state index in [1.807, 2.05) is 0 Å². The number of ether oxygens (including phenoxy) is 1. The van der Waals surface area contributed by atoms with Crippen molar-refractivity contribution in [3.8, 4) is 11.5 Å². The van der Waals surface area contributed by atoms with E-state index in [0.29, 0.717) is 18.2 Å². The van der Waals surface area contributed by atoms with E-state index in [1.165, 1.54) is 19.2 Å². The molecule has 0 atom stereocenters. The summed E-state index contributed by atoms with van der Waals surface area (Å²) in [5.41, 5.74) is 0.222. The van der Waals surface area contributed by atoms with Crippen LogP contribution >= 0.6 is 0 Å². The van der Waals surface area contributed by atoms with Gasteiger partial charge in [0.15, 0.2) is 0 Å². The molecule has 1 aliphatic rings. The number of hydrogen-bond donors (Lipinski definition) is 3. The van der Waals surface area contributed by atoms with Crippen molar-refractivity contribution in [1.82, 2.24) is 5.32 Å². The van der Waals surface area contributed by atoms with Crippen LogP contribution in [0.4, 0.5) is 0 Å². The fraction of sp³-hybridized carbons (Fsp3) is 0.533. The summed E-state index contributed by atoms with van der Waals surface area (Å²) in [5.74, 6) is 0.582. The van der Waals surface area contributed by atoms with Crippen molar-refractivity contribution in [2.24, 2.45) is 5.92 Å². The zero-order valence-corrected chi connectivity index (χ0v) is 11.6. The summed E-state index contributed by atoms with van der Waals surface area (Å²) in [6.07, 6.45) is 3.25. The Bertz CT molecular complexity index is 467. The number of methoxy groups -OCH3 is 1. The first-order chi connectivity index (χ1) is 9.60. The molecule has 0 aliphatic heterocycles. The molecule has 0 aromatic heterocycles. The molecule has 1 fully saturated rings. The van der Waals surface area contributed by atoms with Crippen molar-refractivity contribution in [2.75, 3.05) is 13.7 Å².